The van der Waals surface area contributed by atoms with Crippen LogP contribution in [0.1, 0.15) is 46.1 Å². The van der Waals surface area contributed by atoms with Crippen LogP contribution in [0.2, 0.25) is 0 Å². The van der Waals surface area contributed by atoms with E-state index in [-0.39, 0.29) is 11.6 Å². The predicted octanol–water partition coefficient (Wildman–Crippen LogP) is 7.10. The molecular weight excluding hydrogens is 669 g/mol. The van der Waals surface area contributed by atoms with E-state index in [9.17, 15) is 18.7 Å². The summed E-state index contributed by atoms with van der Waals surface area (Å²) in [4.78, 5) is 40.0. The number of carbonyl (C=O) groups excluding carboxylic acids is 1. The molecule has 1 unspecified atom stereocenters. The fourth-order valence-corrected chi connectivity index (χ4v) is 7.18. The molecule has 3 aliphatic heterocycles. The molecule has 13 heteroatoms. The normalized spacial score (nSPS) is 20.3. The van der Waals surface area contributed by atoms with Crippen molar-refractivity contribution in [2.24, 2.45) is 10.4 Å². The van der Waals surface area contributed by atoms with E-state index < -0.39 is 23.9 Å². The van der Waals surface area contributed by atoms with Crippen LogP contribution >= 0.6 is 35.8 Å². The third kappa shape index (κ3) is 8.43. The summed E-state index contributed by atoms with van der Waals surface area (Å²) in [7, 11) is 1.40. The number of thioether (sulfide) groups is 1. The molecule has 3 heterocycles. The van der Waals surface area contributed by atoms with Crippen LogP contribution in [0.3, 0.4) is 0 Å². The van der Waals surface area contributed by atoms with Crippen LogP contribution < -0.4 is 4.90 Å². The van der Waals surface area contributed by atoms with Crippen LogP contribution in [-0.4, -0.2) is 92.4 Å². The van der Waals surface area contributed by atoms with Gasteiger partial charge in [0.2, 0.25) is 0 Å². The number of aliphatic imine (C=N–C) groups is 1. The highest BCUT2D eigenvalue weighted by atomic mass is 32.2. The summed E-state index contributed by atoms with van der Waals surface area (Å²) in [6, 6.07) is 6.65. The van der Waals surface area contributed by atoms with E-state index >= 15 is 0 Å². The standard InChI is InChI=1S/C35H46N4O6S3/c1-34(2)27-20-24(33(42)37(5)45-23-31(40)41)22-38(16-10-18-47-43)32(27)36-29(34)12-8-7-9-13-30-35(3,4)26-21-25(46-6)14-15-28(26)39(30)17-11-19-48-44/h7-9,12-15,20-22,32,43-44H,10-11,16-19,23H2,1-6H3,(H,40,41)/b9-7+,12-8+,30-13+. The molecule has 0 aliphatic carbocycles. The Labute approximate surface area is 296 Å². The molecule has 3 N–H and O–H groups in total. The predicted molar refractivity (Wildman–Crippen MR) is 199 cm³/mol. The van der Waals surface area contributed by atoms with Gasteiger partial charge in [-0.2, -0.15) is 0 Å². The highest BCUT2D eigenvalue weighted by Crippen LogP contribution is 2.49. The molecule has 0 bridgehead atoms. The Morgan fingerprint density at radius 3 is 2.42 bits per heavy atom. The Bertz CT molecular complexity index is 1550. The lowest BCUT2D eigenvalue weighted by Gasteiger charge is -2.34. The molecule has 4 rings (SSSR count). The number of rotatable bonds is 16. The van der Waals surface area contributed by atoms with Crippen LogP contribution in [-0.2, 0) is 19.8 Å². The van der Waals surface area contributed by atoms with Crippen LogP contribution in [0.25, 0.3) is 0 Å². The number of carboxylic acids is 1. The fraction of sp³-hybridized carbons (Fsp3) is 0.457. The number of amides is 1. The van der Waals surface area contributed by atoms with Gasteiger partial charge in [-0.1, -0.05) is 45.9 Å². The summed E-state index contributed by atoms with van der Waals surface area (Å²) in [5, 5.41) is 9.91. The maximum atomic E-state index is 13.2. The van der Waals surface area contributed by atoms with Gasteiger partial charge in [0.15, 0.2) is 6.61 Å². The van der Waals surface area contributed by atoms with Crippen molar-refractivity contribution in [3.8, 4) is 0 Å². The number of aliphatic carboxylic acids is 1. The maximum absolute atomic E-state index is 13.2. The maximum Gasteiger partial charge on any atom is 0.332 e. The van der Waals surface area contributed by atoms with Crippen LogP contribution in [0.15, 0.2) is 87.6 Å². The number of benzene rings is 1. The number of nitrogens with zero attached hydrogens (tertiary/aromatic N) is 4. The number of carboxylic acid groups (broad SMARTS) is 1. The Hall–Kier alpha value is -2.94. The molecule has 48 heavy (non-hydrogen) atoms. The van der Waals surface area contributed by atoms with E-state index in [1.165, 1.54) is 28.9 Å². The zero-order chi connectivity index (χ0) is 35.1. The highest BCUT2D eigenvalue weighted by molar-refractivity contribution is 7.98. The van der Waals surface area contributed by atoms with E-state index in [1.54, 1.807) is 18.0 Å². The molecule has 0 aromatic heterocycles. The summed E-state index contributed by atoms with van der Waals surface area (Å²) in [5.41, 5.74) is 5.24. The molecule has 1 atom stereocenters. The molecule has 0 saturated heterocycles. The van der Waals surface area contributed by atoms with Gasteiger partial charge in [-0.25, -0.2) is 9.86 Å². The number of allylic oxidation sites excluding steroid dienone is 6. The van der Waals surface area contributed by atoms with Crippen molar-refractivity contribution in [1.29, 1.82) is 0 Å². The number of hydrogen-bond donors (Lipinski definition) is 3. The lowest BCUT2D eigenvalue weighted by Crippen LogP contribution is -2.39. The topological polar surface area (TPSA) is 126 Å². The summed E-state index contributed by atoms with van der Waals surface area (Å²) >= 11 is 3.40. The summed E-state index contributed by atoms with van der Waals surface area (Å²) < 4.78 is 18.6. The van der Waals surface area contributed by atoms with E-state index in [4.69, 9.17) is 14.9 Å². The minimum absolute atomic E-state index is 0.186. The second-order valence-corrected chi connectivity index (χ2v) is 14.9. The smallest absolute Gasteiger partial charge is 0.332 e. The third-order valence-corrected chi connectivity index (χ3v) is 10.5. The Balaban J connectivity index is 1.57. The van der Waals surface area contributed by atoms with Crippen molar-refractivity contribution in [2.45, 2.75) is 57.0 Å². The molecule has 0 radical (unpaired) electrons. The minimum Gasteiger partial charge on any atom is -0.479 e. The summed E-state index contributed by atoms with van der Waals surface area (Å²) in [6.07, 6.45) is 17.1. The van der Waals surface area contributed by atoms with Crippen LogP contribution in [0.5, 0.6) is 0 Å². The van der Waals surface area contributed by atoms with Gasteiger partial charge in [0.25, 0.3) is 5.91 Å². The van der Waals surface area contributed by atoms with Crippen molar-refractivity contribution in [1.82, 2.24) is 9.96 Å². The van der Waals surface area contributed by atoms with Crippen molar-refractivity contribution in [3.05, 3.63) is 83.3 Å². The quantitative estimate of drug-likeness (QED) is 0.0534. The van der Waals surface area contributed by atoms with Crippen LogP contribution in [0.4, 0.5) is 5.69 Å². The zero-order valence-corrected chi connectivity index (χ0v) is 30.8. The van der Waals surface area contributed by atoms with Crippen molar-refractivity contribution >= 4 is 59.1 Å². The second-order valence-electron chi connectivity index (χ2n) is 12.7. The molecule has 260 valence electrons. The molecule has 0 saturated carbocycles. The zero-order valence-electron chi connectivity index (χ0n) is 28.4. The fourth-order valence-electron chi connectivity index (χ4n) is 6.22. The van der Waals surface area contributed by atoms with Crippen molar-refractivity contribution in [2.75, 3.05) is 49.4 Å². The van der Waals surface area contributed by atoms with Crippen LogP contribution in [0, 0.1) is 5.41 Å². The number of fused-ring (bicyclic) bond motifs is 2. The Morgan fingerprint density at radius 1 is 1.04 bits per heavy atom. The number of likely N-dealkylation sites (N-methyl/N-ethyl adjacent to an activating group) is 1. The van der Waals surface area contributed by atoms with E-state index in [0.717, 1.165) is 53.4 Å². The monoisotopic (exact) mass is 714 g/mol. The molecule has 0 fully saturated rings. The highest BCUT2D eigenvalue weighted by Gasteiger charge is 2.43. The second kappa shape index (κ2) is 16.6. The summed E-state index contributed by atoms with van der Waals surface area (Å²) in [6.45, 7) is 9.43. The number of hydrogen-bond acceptors (Lipinski definition) is 11. The molecule has 3 aliphatic rings. The Morgan fingerprint density at radius 2 is 1.75 bits per heavy atom. The van der Waals surface area contributed by atoms with Gasteiger partial charge in [-0.3, -0.25) is 14.6 Å². The number of hydroxylamine groups is 2. The van der Waals surface area contributed by atoms with Gasteiger partial charge in [0, 0.05) is 70.7 Å². The Kier molecular flexibility index (Phi) is 13.1. The van der Waals surface area contributed by atoms with E-state index in [0.29, 0.717) is 30.0 Å². The van der Waals surface area contributed by atoms with Crippen molar-refractivity contribution in [3.63, 3.8) is 0 Å². The first-order chi connectivity index (χ1) is 22.9. The lowest BCUT2D eigenvalue weighted by molar-refractivity contribution is -0.182. The lowest BCUT2D eigenvalue weighted by atomic mass is 9.78. The SMILES string of the molecule is CSc1ccc2c(c1)C(C)(C)\C(=C/C=C/C=C/C1=NC3C(=CC(C(=O)N(C)OCC(=O)O)=CN3CCCSO)C1(C)C)N2CCCSO. The average Bonchev–Trinajstić information content (AvgIpc) is 3.44. The van der Waals surface area contributed by atoms with Gasteiger partial charge in [0.1, 0.15) is 6.17 Å². The molecule has 1 aromatic rings. The van der Waals surface area contributed by atoms with Gasteiger partial charge < -0.3 is 24.0 Å². The van der Waals surface area contributed by atoms with Gasteiger partial charge in [0.05, 0.1) is 5.57 Å². The first kappa shape index (κ1) is 37.9. The first-order valence-electron chi connectivity index (χ1n) is 15.8. The largest absolute Gasteiger partial charge is 0.479 e. The third-order valence-electron chi connectivity index (χ3n) is 8.84. The molecule has 1 amide bonds. The van der Waals surface area contributed by atoms with Gasteiger partial charge >= 0.3 is 5.97 Å². The van der Waals surface area contributed by atoms with Gasteiger partial charge in [-0.05, 0) is 90.7 Å². The summed E-state index contributed by atoms with van der Waals surface area (Å²) in [5.74, 6) is -0.406. The molecule has 1 aromatic carbocycles. The molecule has 0 spiro atoms. The number of carbonyl (C=O) groups is 2. The number of anilines is 1. The first-order valence-corrected chi connectivity index (χ1v) is 18.9. The van der Waals surface area contributed by atoms with E-state index in [2.05, 4.69) is 69.2 Å². The van der Waals surface area contributed by atoms with Gasteiger partial charge in [-0.15, -0.1) is 11.8 Å². The minimum atomic E-state index is -1.17. The van der Waals surface area contributed by atoms with Crippen molar-refractivity contribution < 1.29 is 28.6 Å². The van der Waals surface area contributed by atoms with E-state index in [1.807, 2.05) is 29.2 Å². The molecule has 10 nitrogen and oxygen atoms in total. The molecular formula is C35H46N4O6S3. The average molecular weight is 715 g/mol.